The molecule has 2 N–H and O–H groups in total. The van der Waals surface area contributed by atoms with Crippen molar-refractivity contribution < 1.29 is 4.74 Å². The fraction of sp³-hybridized carbons (Fsp3) is 0.538. The lowest BCUT2D eigenvalue weighted by atomic mass is 10.1. The molecule has 1 aliphatic heterocycles. The second-order valence-electron chi connectivity index (χ2n) is 4.22. The molecule has 94 valence electrons. The molecule has 1 aromatic carbocycles. The van der Waals surface area contributed by atoms with Gasteiger partial charge in [0.25, 0.3) is 0 Å². The molecule has 4 heteroatoms. The fourth-order valence-electron chi connectivity index (χ4n) is 1.97. The Morgan fingerprint density at radius 2 is 2.12 bits per heavy atom. The molecule has 17 heavy (non-hydrogen) atoms. The molecule has 0 bridgehead atoms. The summed E-state index contributed by atoms with van der Waals surface area (Å²) in [6, 6.07) is 6.49. The number of benzene rings is 1. The monoisotopic (exact) mass is 315 g/mol. The van der Waals surface area contributed by atoms with Gasteiger partial charge < -0.3 is 10.5 Å². The summed E-state index contributed by atoms with van der Waals surface area (Å²) in [5.74, 6) is 0. The molecule has 1 aromatic rings. The maximum absolute atomic E-state index is 5.66. The first-order valence-electron chi connectivity index (χ1n) is 6.02. The summed E-state index contributed by atoms with van der Waals surface area (Å²) in [5.41, 5.74) is 7.03. The Morgan fingerprint density at radius 3 is 2.82 bits per heavy atom. The largest absolute Gasteiger partial charge is 0.381 e. The molecule has 0 radical (unpaired) electrons. The van der Waals surface area contributed by atoms with Crippen LogP contribution in [0.5, 0.6) is 0 Å². The summed E-state index contributed by atoms with van der Waals surface area (Å²) in [4.78, 5) is 1.37. The average molecular weight is 316 g/mol. The molecular formula is C13H18BrNOS. The smallest absolute Gasteiger partial charge is 0.0476 e. The van der Waals surface area contributed by atoms with Gasteiger partial charge in [-0.05, 0) is 43.5 Å². The third kappa shape index (κ3) is 3.98. The van der Waals surface area contributed by atoms with Crippen LogP contribution in [0.3, 0.4) is 0 Å². The Morgan fingerprint density at radius 1 is 1.35 bits per heavy atom. The first-order chi connectivity index (χ1) is 8.29. The fourth-order valence-corrected chi connectivity index (χ4v) is 3.79. The van der Waals surface area contributed by atoms with Gasteiger partial charge in [0.1, 0.15) is 0 Å². The number of nitrogens with two attached hydrogens (primary N) is 1. The molecular weight excluding hydrogens is 298 g/mol. The predicted octanol–water partition coefficient (Wildman–Crippen LogP) is 3.22. The zero-order chi connectivity index (χ0) is 12.1. The van der Waals surface area contributed by atoms with Crippen LogP contribution in [-0.2, 0) is 11.2 Å². The van der Waals surface area contributed by atoms with Gasteiger partial charge in [-0.2, -0.15) is 0 Å². The quantitative estimate of drug-likeness (QED) is 0.926. The van der Waals surface area contributed by atoms with E-state index >= 15 is 0 Å². The van der Waals surface area contributed by atoms with E-state index in [0.29, 0.717) is 11.8 Å². The van der Waals surface area contributed by atoms with Crippen LogP contribution in [0.25, 0.3) is 0 Å². The third-order valence-electron chi connectivity index (χ3n) is 2.90. The first-order valence-corrected chi connectivity index (χ1v) is 7.70. The highest BCUT2D eigenvalue weighted by molar-refractivity contribution is 9.10. The number of rotatable bonds is 4. The second-order valence-corrected chi connectivity index (χ2v) is 6.48. The molecule has 0 atom stereocenters. The molecule has 1 fully saturated rings. The first kappa shape index (κ1) is 13.4. The lowest BCUT2D eigenvalue weighted by Crippen LogP contribution is -2.17. The molecule has 1 aliphatic rings. The minimum atomic E-state index is 0.689. The Kier molecular flexibility index (Phi) is 5.35. The van der Waals surface area contributed by atoms with E-state index in [-0.39, 0.29) is 0 Å². The van der Waals surface area contributed by atoms with Crippen molar-refractivity contribution in [2.75, 3.05) is 19.8 Å². The predicted molar refractivity (Wildman–Crippen MR) is 76.6 cm³/mol. The van der Waals surface area contributed by atoms with Gasteiger partial charge in [0.2, 0.25) is 0 Å². The third-order valence-corrected chi connectivity index (χ3v) is 4.84. The van der Waals surface area contributed by atoms with Crippen LogP contribution in [0.4, 0.5) is 0 Å². The van der Waals surface area contributed by atoms with E-state index in [1.165, 1.54) is 10.5 Å². The number of ether oxygens (including phenoxy) is 1. The Labute approximate surface area is 115 Å². The van der Waals surface area contributed by atoms with Gasteiger partial charge in [0.15, 0.2) is 0 Å². The van der Waals surface area contributed by atoms with Gasteiger partial charge in [-0.3, -0.25) is 0 Å². The zero-order valence-electron chi connectivity index (χ0n) is 9.82. The topological polar surface area (TPSA) is 35.2 Å². The highest BCUT2D eigenvalue weighted by atomic mass is 79.9. The van der Waals surface area contributed by atoms with Crippen LogP contribution in [0, 0.1) is 0 Å². The molecule has 2 nitrogen and oxygen atoms in total. The summed E-state index contributed by atoms with van der Waals surface area (Å²) < 4.78 is 6.54. The van der Waals surface area contributed by atoms with Gasteiger partial charge >= 0.3 is 0 Å². The highest BCUT2D eigenvalue weighted by Gasteiger charge is 2.16. The molecule has 2 rings (SSSR count). The maximum Gasteiger partial charge on any atom is 0.0476 e. The van der Waals surface area contributed by atoms with E-state index < -0.39 is 0 Å². The van der Waals surface area contributed by atoms with Gasteiger partial charge in [0.05, 0.1) is 0 Å². The van der Waals surface area contributed by atoms with Crippen molar-refractivity contribution in [1.82, 2.24) is 0 Å². The van der Waals surface area contributed by atoms with Crippen LogP contribution < -0.4 is 5.73 Å². The molecule has 1 heterocycles. The highest BCUT2D eigenvalue weighted by Crippen LogP contribution is 2.33. The van der Waals surface area contributed by atoms with Crippen molar-refractivity contribution in [3.8, 4) is 0 Å². The molecule has 0 spiro atoms. The molecule has 0 aliphatic carbocycles. The van der Waals surface area contributed by atoms with Gasteiger partial charge in [-0.15, -0.1) is 11.8 Å². The van der Waals surface area contributed by atoms with Crippen LogP contribution >= 0.6 is 27.7 Å². The normalized spacial score (nSPS) is 17.3. The molecule has 0 amide bonds. The summed E-state index contributed by atoms with van der Waals surface area (Å²) >= 11 is 5.52. The number of halogens is 1. The summed E-state index contributed by atoms with van der Waals surface area (Å²) in [6.45, 7) is 2.51. The molecule has 1 saturated heterocycles. The van der Waals surface area contributed by atoms with E-state index in [2.05, 4.69) is 34.1 Å². The molecule has 0 saturated carbocycles. The van der Waals surface area contributed by atoms with Crippen LogP contribution in [0.2, 0.25) is 0 Å². The van der Waals surface area contributed by atoms with E-state index in [1.807, 2.05) is 11.8 Å². The minimum Gasteiger partial charge on any atom is -0.381 e. The minimum absolute atomic E-state index is 0.689. The van der Waals surface area contributed by atoms with Gasteiger partial charge in [-0.25, -0.2) is 0 Å². The average Bonchev–Trinajstić information content (AvgIpc) is 2.34. The second kappa shape index (κ2) is 6.78. The molecule has 0 unspecified atom stereocenters. The van der Waals surface area contributed by atoms with Crippen molar-refractivity contribution in [3.63, 3.8) is 0 Å². The van der Waals surface area contributed by atoms with Crippen molar-refractivity contribution in [2.45, 2.75) is 29.4 Å². The Balaban J connectivity index is 2.08. The maximum atomic E-state index is 5.66. The van der Waals surface area contributed by atoms with Crippen molar-refractivity contribution in [3.05, 3.63) is 28.2 Å². The summed E-state index contributed by atoms with van der Waals surface area (Å²) in [6.07, 6.45) is 3.26. The van der Waals surface area contributed by atoms with Crippen LogP contribution in [0.1, 0.15) is 18.4 Å². The number of hydrogen-bond donors (Lipinski definition) is 1. The lowest BCUT2D eigenvalue weighted by Gasteiger charge is -2.22. The van der Waals surface area contributed by atoms with E-state index in [0.717, 1.165) is 36.9 Å². The van der Waals surface area contributed by atoms with Crippen LogP contribution in [-0.4, -0.2) is 25.0 Å². The van der Waals surface area contributed by atoms with Crippen molar-refractivity contribution >= 4 is 27.7 Å². The van der Waals surface area contributed by atoms with Gasteiger partial charge in [-0.1, -0.05) is 22.0 Å². The van der Waals surface area contributed by atoms with Crippen LogP contribution in [0.15, 0.2) is 27.6 Å². The molecule has 0 aromatic heterocycles. The summed E-state index contributed by atoms with van der Waals surface area (Å²) in [5, 5.41) is 0.689. The zero-order valence-corrected chi connectivity index (χ0v) is 12.2. The van der Waals surface area contributed by atoms with E-state index in [4.69, 9.17) is 10.5 Å². The van der Waals surface area contributed by atoms with E-state index in [1.54, 1.807) is 0 Å². The lowest BCUT2D eigenvalue weighted by molar-refractivity contribution is 0.1000. The van der Waals surface area contributed by atoms with E-state index in [9.17, 15) is 0 Å². The van der Waals surface area contributed by atoms with Crippen molar-refractivity contribution in [1.29, 1.82) is 0 Å². The Hall–Kier alpha value is -0.0300. The number of thioether (sulfide) groups is 1. The van der Waals surface area contributed by atoms with Crippen molar-refractivity contribution in [2.24, 2.45) is 5.73 Å². The SMILES string of the molecule is NCCc1ccc(Br)cc1SC1CCOCC1. The standard InChI is InChI=1S/C13H18BrNOS/c14-11-2-1-10(3-6-15)13(9-11)17-12-4-7-16-8-5-12/h1-2,9,12H,3-8,15H2. The van der Waals surface area contributed by atoms with Gasteiger partial charge in [0, 0.05) is 27.8 Å². The summed E-state index contributed by atoms with van der Waals surface area (Å²) in [7, 11) is 0. The number of hydrogen-bond acceptors (Lipinski definition) is 3. The Bertz CT molecular complexity index is 366.